The Bertz CT molecular complexity index is 3040. The lowest BCUT2D eigenvalue weighted by Gasteiger charge is -2.18. The van der Waals surface area contributed by atoms with Crippen molar-refractivity contribution >= 4 is 44.5 Å². The van der Waals surface area contributed by atoms with E-state index >= 15 is 0 Å². The first kappa shape index (κ1) is 32.2. The van der Waals surface area contributed by atoms with Gasteiger partial charge in [-0.1, -0.05) is 152 Å². The summed E-state index contributed by atoms with van der Waals surface area (Å²) in [6.07, 6.45) is 4.41. The lowest BCUT2D eigenvalue weighted by atomic mass is 9.91. The van der Waals surface area contributed by atoms with Crippen molar-refractivity contribution in [3.8, 4) is 50.7 Å². The molecule has 0 fully saturated rings. The summed E-state index contributed by atoms with van der Waals surface area (Å²) in [6.45, 7) is 0. The van der Waals surface area contributed by atoms with Crippen LogP contribution in [0.2, 0.25) is 0 Å². The number of allylic oxidation sites excluding steroid dienone is 1. The van der Waals surface area contributed by atoms with Gasteiger partial charge in [0.1, 0.15) is 11.2 Å². The van der Waals surface area contributed by atoms with Gasteiger partial charge in [0.15, 0.2) is 5.82 Å². The van der Waals surface area contributed by atoms with Gasteiger partial charge in [-0.05, 0) is 65.4 Å². The Balaban J connectivity index is 1.15. The molecule has 1 aliphatic carbocycles. The molecule has 0 bridgehead atoms. The van der Waals surface area contributed by atoms with Gasteiger partial charge in [0.25, 0.3) is 0 Å². The van der Waals surface area contributed by atoms with Crippen molar-refractivity contribution < 1.29 is 4.42 Å². The van der Waals surface area contributed by atoms with Crippen molar-refractivity contribution in [2.45, 2.75) is 12.8 Å². The second kappa shape index (κ2) is 13.2. The molecule has 0 unspecified atom stereocenters. The molecule has 3 heterocycles. The Labute approximate surface area is 324 Å². The van der Waals surface area contributed by atoms with Crippen molar-refractivity contribution in [1.29, 1.82) is 0 Å². The van der Waals surface area contributed by atoms with Crippen LogP contribution in [0, 0.1) is 0 Å². The first-order valence-corrected chi connectivity index (χ1v) is 19.2. The third kappa shape index (κ3) is 5.30. The SMILES string of the molecule is C1=C(c2ccccc2)CCc2c1n(-c1ccc3c(c1)oc1cccc(-c4c(-c5ccccc5)nc(-c5ccccc5)nc4-c4ccccc4)c13)c1ccccc21. The zero-order valence-corrected chi connectivity index (χ0v) is 30.6. The molecule has 0 aliphatic heterocycles. The zero-order chi connectivity index (χ0) is 37.0. The van der Waals surface area contributed by atoms with Gasteiger partial charge in [0.05, 0.1) is 22.6 Å². The average Bonchev–Trinajstić information content (AvgIpc) is 3.82. The molecule has 0 spiro atoms. The first-order valence-electron chi connectivity index (χ1n) is 19.2. The minimum atomic E-state index is 0.688. The summed E-state index contributed by atoms with van der Waals surface area (Å²) in [6, 6.07) is 63.8. The van der Waals surface area contributed by atoms with E-state index < -0.39 is 0 Å². The molecule has 11 rings (SSSR count). The fourth-order valence-corrected chi connectivity index (χ4v) is 8.60. The first-order chi connectivity index (χ1) is 27.8. The molecule has 1 aliphatic rings. The van der Waals surface area contributed by atoms with Crippen LogP contribution in [0.5, 0.6) is 0 Å². The van der Waals surface area contributed by atoms with Crippen LogP contribution in [0.4, 0.5) is 0 Å². The second-order valence-corrected chi connectivity index (χ2v) is 14.4. The molecule has 0 saturated carbocycles. The maximum absolute atomic E-state index is 6.81. The number of hydrogen-bond acceptors (Lipinski definition) is 3. The number of benzene rings is 7. The molecule has 0 radical (unpaired) electrons. The summed E-state index contributed by atoms with van der Waals surface area (Å²) in [4.78, 5) is 10.7. The molecular formula is C52H35N3O. The van der Waals surface area contributed by atoms with Gasteiger partial charge in [0, 0.05) is 50.2 Å². The van der Waals surface area contributed by atoms with Gasteiger partial charge in [-0.25, -0.2) is 9.97 Å². The van der Waals surface area contributed by atoms with Gasteiger partial charge >= 0.3 is 0 Å². The summed E-state index contributed by atoms with van der Waals surface area (Å²) in [5, 5.41) is 3.40. The minimum absolute atomic E-state index is 0.688. The van der Waals surface area contributed by atoms with Crippen LogP contribution in [0.1, 0.15) is 23.2 Å². The van der Waals surface area contributed by atoms with Gasteiger partial charge in [-0.15, -0.1) is 0 Å². The normalized spacial score (nSPS) is 12.6. The highest BCUT2D eigenvalue weighted by Crippen LogP contribution is 2.46. The summed E-state index contributed by atoms with van der Waals surface area (Å²) in [5.41, 5.74) is 16.0. The Morgan fingerprint density at radius 1 is 0.482 bits per heavy atom. The van der Waals surface area contributed by atoms with E-state index in [1.54, 1.807) is 0 Å². The molecular weight excluding hydrogens is 683 g/mol. The Hall–Kier alpha value is -7.30. The number of fused-ring (bicyclic) bond motifs is 6. The summed E-state index contributed by atoms with van der Waals surface area (Å²) in [5.74, 6) is 0.688. The van der Waals surface area contributed by atoms with Crippen LogP contribution < -0.4 is 0 Å². The van der Waals surface area contributed by atoms with E-state index in [2.05, 4.69) is 162 Å². The number of aromatic nitrogens is 3. The predicted octanol–water partition coefficient (Wildman–Crippen LogP) is 13.5. The number of rotatable bonds is 6. The number of furan rings is 1. The van der Waals surface area contributed by atoms with E-state index in [1.807, 2.05) is 30.3 Å². The Morgan fingerprint density at radius 2 is 1.09 bits per heavy atom. The maximum atomic E-state index is 6.81. The van der Waals surface area contributed by atoms with Crippen LogP contribution in [-0.2, 0) is 6.42 Å². The Kier molecular flexibility index (Phi) is 7.59. The number of aryl methyl sites for hydroxylation is 1. The van der Waals surface area contributed by atoms with Crippen LogP contribution in [0.3, 0.4) is 0 Å². The van der Waals surface area contributed by atoms with E-state index in [4.69, 9.17) is 14.4 Å². The predicted molar refractivity (Wildman–Crippen MR) is 231 cm³/mol. The number of hydrogen-bond donors (Lipinski definition) is 0. The summed E-state index contributed by atoms with van der Waals surface area (Å²) >= 11 is 0. The van der Waals surface area contributed by atoms with Crippen LogP contribution in [0.15, 0.2) is 186 Å². The second-order valence-electron chi connectivity index (χ2n) is 14.4. The quantitative estimate of drug-likeness (QED) is 0.172. The van der Waals surface area contributed by atoms with E-state index in [0.29, 0.717) is 5.82 Å². The van der Waals surface area contributed by atoms with Crippen molar-refractivity contribution in [1.82, 2.24) is 14.5 Å². The highest BCUT2D eigenvalue weighted by Gasteiger charge is 2.25. The molecule has 56 heavy (non-hydrogen) atoms. The standard InChI is InChI=1S/C52H35N3O/c1-5-16-34(17-6-1)38-28-30-41-40-24-13-14-26-44(40)55(45(41)32-38)39-29-31-42-47(33-39)56-46-27-15-25-43(48(42)46)49-50(35-18-7-2-8-19-35)53-52(37-22-11-4-12-23-37)54-51(49)36-20-9-3-10-21-36/h1-27,29,31-33H,28,30H2. The van der Waals surface area contributed by atoms with Crippen LogP contribution >= 0.6 is 0 Å². The molecule has 0 amide bonds. The van der Waals surface area contributed by atoms with Crippen molar-refractivity contribution in [2.75, 3.05) is 0 Å². The average molecular weight is 718 g/mol. The van der Waals surface area contributed by atoms with Gasteiger partial charge in [-0.2, -0.15) is 0 Å². The van der Waals surface area contributed by atoms with E-state index in [0.717, 1.165) is 79.7 Å². The highest BCUT2D eigenvalue weighted by molar-refractivity contribution is 6.15. The lowest BCUT2D eigenvalue weighted by Crippen LogP contribution is -2.03. The minimum Gasteiger partial charge on any atom is -0.456 e. The molecule has 4 nitrogen and oxygen atoms in total. The summed E-state index contributed by atoms with van der Waals surface area (Å²) < 4.78 is 9.23. The number of nitrogens with zero attached hydrogens (tertiary/aromatic N) is 3. The highest BCUT2D eigenvalue weighted by atomic mass is 16.3. The molecule has 0 N–H and O–H groups in total. The third-order valence-corrected chi connectivity index (χ3v) is 11.2. The number of para-hydroxylation sites is 1. The van der Waals surface area contributed by atoms with Gasteiger partial charge < -0.3 is 8.98 Å². The summed E-state index contributed by atoms with van der Waals surface area (Å²) in [7, 11) is 0. The topological polar surface area (TPSA) is 43.9 Å². The maximum Gasteiger partial charge on any atom is 0.160 e. The van der Waals surface area contributed by atoms with Crippen molar-refractivity contribution in [3.05, 3.63) is 199 Å². The largest absolute Gasteiger partial charge is 0.456 e. The third-order valence-electron chi connectivity index (χ3n) is 11.2. The smallest absolute Gasteiger partial charge is 0.160 e. The fraction of sp³-hybridized carbons (Fsp3) is 0.0385. The molecule has 7 aromatic carbocycles. The fourth-order valence-electron chi connectivity index (χ4n) is 8.60. The van der Waals surface area contributed by atoms with E-state index in [1.165, 1.54) is 33.3 Å². The molecule has 0 atom stereocenters. The van der Waals surface area contributed by atoms with Gasteiger partial charge in [-0.3, -0.25) is 0 Å². The monoisotopic (exact) mass is 717 g/mol. The molecule has 0 saturated heterocycles. The Morgan fingerprint density at radius 3 is 1.77 bits per heavy atom. The van der Waals surface area contributed by atoms with Crippen molar-refractivity contribution in [3.63, 3.8) is 0 Å². The van der Waals surface area contributed by atoms with E-state index in [9.17, 15) is 0 Å². The lowest BCUT2D eigenvalue weighted by molar-refractivity contribution is 0.668. The van der Waals surface area contributed by atoms with Crippen LogP contribution in [-0.4, -0.2) is 14.5 Å². The molecule has 4 heteroatoms. The van der Waals surface area contributed by atoms with Crippen molar-refractivity contribution in [2.24, 2.45) is 0 Å². The van der Waals surface area contributed by atoms with E-state index in [-0.39, 0.29) is 0 Å². The molecule has 264 valence electrons. The van der Waals surface area contributed by atoms with Crippen LogP contribution in [0.25, 0.3) is 95.2 Å². The molecule has 10 aromatic rings. The van der Waals surface area contributed by atoms with Gasteiger partial charge in [0.2, 0.25) is 0 Å². The zero-order valence-electron chi connectivity index (χ0n) is 30.6. The molecule has 3 aromatic heterocycles.